The molecule has 1 N–H and O–H groups in total. The number of carboxylic acid groups (broad SMARTS) is 1. The molecule has 15 heavy (non-hydrogen) atoms. The third kappa shape index (κ3) is 2.92. The number of carboxylic acids is 1. The van der Waals surface area contributed by atoms with E-state index in [0.29, 0.717) is 19.5 Å². The Hall–Kier alpha value is -1.10. The highest BCUT2D eigenvalue weighted by molar-refractivity contribution is 5.80. The van der Waals surface area contributed by atoms with E-state index in [2.05, 4.69) is 0 Å². The lowest BCUT2D eigenvalue weighted by Crippen LogP contribution is -2.43. The van der Waals surface area contributed by atoms with Crippen LogP contribution in [0.25, 0.3) is 0 Å². The Morgan fingerprint density at radius 1 is 1.53 bits per heavy atom. The fourth-order valence-corrected chi connectivity index (χ4v) is 1.77. The molecule has 0 aromatic heterocycles. The molecule has 1 fully saturated rings. The van der Waals surface area contributed by atoms with Gasteiger partial charge in [-0.3, -0.25) is 14.5 Å². The summed E-state index contributed by atoms with van der Waals surface area (Å²) in [5.74, 6) is -0.829. The number of likely N-dealkylation sites (tertiary alicyclic amines) is 1. The molecule has 1 rings (SSSR count). The lowest BCUT2D eigenvalue weighted by molar-refractivity contribution is -0.143. The molecule has 1 atom stereocenters. The standard InChI is InChI=1S/C10H18N2O3/c1-3-11(2)9(13)7-12-6-4-5-8(12)10(14)15/h8H,3-7H2,1-2H3,(H,14,15). The van der Waals surface area contributed by atoms with Gasteiger partial charge >= 0.3 is 5.97 Å². The van der Waals surface area contributed by atoms with Crippen LogP contribution in [0, 0.1) is 0 Å². The van der Waals surface area contributed by atoms with Gasteiger partial charge in [0.2, 0.25) is 5.91 Å². The van der Waals surface area contributed by atoms with E-state index in [0.717, 1.165) is 6.42 Å². The zero-order valence-electron chi connectivity index (χ0n) is 9.27. The maximum Gasteiger partial charge on any atom is 0.320 e. The van der Waals surface area contributed by atoms with Gasteiger partial charge in [-0.15, -0.1) is 0 Å². The SMILES string of the molecule is CCN(C)C(=O)CN1CCCC1C(=O)O. The summed E-state index contributed by atoms with van der Waals surface area (Å²) < 4.78 is 0. The summed E-state index contributed by atoms with van der Waals surface area (Å²) in [7, 11) is 1.73. The molecule has 1 aliphatic heterocycles. The van der Waals surface area contributed by atoms with E-state index in [1.54, 1.807) is 16.8 Å². The van der Waals surface area contributed by atoms with Gasteiger partial charge < -0.3 is 10.0 Å². The second kappa shape index (κ2) is 5.11. The highest BCUT2D eigenvalue weighted by Crippen LogP contribution is 2.16. The van der Waals surface area contributed by atoms with E-state index in [4.69, 9.17) is 5.11 Å². The number of likely N-dealkylation sites (N-methyl/N-ethyl adjacent to an activating group) is 1. The second-order valence-corrected chi connectivity index (χ2v) is 3.87. The van der Waals surface area contributed by atoms with Crippen LogP contribution in [0.1, 0.15) is 19.8 Å². The first-order valence-corrected chi connectivity index (χ1v) is 5.27. The van der Waals surface area contributed by atoms with Gasteiger partial charge in [0.05, 0.1) is 6.54 Å². The Bertz CT molecular complexity index is 255. The normalized spacial score (nSPS) is 21.6. The molecule has 5 nitrogen and oxygen atoms in total. The van der Waals surface area contributed by atoms with Crippen LogP contribution in [-0.2, 0) is 9.59 Å². The van der Waals surface area contributed by atoms with E-state index >= 15 is 0 Å². The Morgan fingerprint density at radius 3 is 2.73 bits per heavy atom. The van der Waals surface area contributed by atoms with Crippen molar-refractivity contribution >= 4 is 11.9 Å². The number of hydrogen-bond acceptors (Lipinski definition) is 3. The monoisotopic (exact) mass is 214 g/mol. The van der Waals surface area contributed by atoms with Crippen molar-refractivity contribution in [2.75, 3.05) is 26.7 Å². The number of nitrogens with zero attached hydrogens (tertiary/aromatic N) is 2. The Kier molecular flexibility index (Phi) is 4.08. The van der Waals surface area contributed by atoms with Crippen LogP contribution in [-0.4, -0.2) is 59.5 Å². The van der Waals surface area contributed by atoms with Gasteiger partial charge in [-0.2, -0.15) is 0 Å². The van der Waals surface area contributed by atoms with Gasteiger partial charge in [0.15, 0.2) is 0 Å². The van der Waals surface area contributed by atoms with Gasteiger partial charge in [0.25, 0.3) is 0 Å². The van der Waals surface area contributed by atoms with Crippen LogP contribution < -0.4 is 0 Å². The number of aliphatic carboxylic acids is 1. The van der Waals surface area contributed by atoms with Crippen molar-refractivity contribution in [3.63, 3.8) is 0 Å². The molecule has 1 amide bonds. The Balaban J connectivity index is 2.50. The van der Waals surface area contributed by atoms with Gasteiger partial charge in [0.1, 0.15) is 6.04 Å². The predicted octanol–water partition coefficient (Wildman–Crippen LogP) is 0.0137. The lowest BCUT2D eigenvalue weighted by Gasteiger charge is -2.23. The van der Waals surface area contributed by atoms with Crippen LogP contribution in [0.3, 0.4) is 0 Å². The van der Waals surface area contributed by atoms with Crippen LogP contribution >= 0.6 is 0 Å². The van der Waals surface area contributed by atoms with Crippen molar-refractivity contribution in [1.29, 1.82) is 0 Å². The summed E-state index contributed by atoms with van der Waals surface area (Å²) in [6.07, 6.45) is 1.51. The average molecular weight is 214 g/mol. The Morgan fingerprint density at radius 2 is 2.20 bits per heavy atom. The number of carbonyl (C=O) groups is 2. The number of amides is 1. The summed E-state index contributed by atoms with van der Waals surface area (Å²) in [4.78, 5) is 25.8. The zero-order chi connectivity index (χ0) is 11.4. The van der Waals surface area contributed by atoms with E-state index < -0.39 is 12.0 Å². The first-order valence-electron chi connectivity index (χ1n) is 5.27. The quantitative estimate of drug-likeness (QED) is 0.716. The maximum atomic E-state index is 11.6. The van der Waals surface area contributed by atoms with Crippen LogP contribution in [0.5, 0.6) is 0 Å². The molecule has 1 heterocycles. The zero-order valence-corrected chi connectivity index (χ0v) is 9.27. The fraction of sp³-hybridized carbons (Fsp3) is 0.800. The molecule has 0 aromatic rings. The number of rotatable bonds is 4. The first-order chi connectivity index (χ1) is 7.06. The van der Waals surface area contributed by atoms with E-state index in [-0.39, 0.29) is 12.5 Å². The third-order valence-electron chi connectivity index (χ3n) is 2.89. The number of carbonyl (C=O) groups excluding carboxylic acids is 1. The minimum Gasteiger partial charge on any atom is -0.480 e. The summed E-state index contributed by atoms with van der Waals surface area (Å²) in [6, 6.07) is -0.473. The van der Waals surface area contributed by atoms with Crippen LogP contribution in [0.4, 0.5) is 0 Å². The van der Waals surface area contributed by atoms with Gasteiger partial charge in [-0.25, -0.2) is 0 Å². The van der Waals surface area contributed by atoms with Crippen molar-refractivity contribution in [2.24, 2.45) is 0 Å². The molecule has 0 aliphatic carbocycles. The van der Waals surface area contributed by atoms with Gasteiger partial charge in [-0.05, 0) is 26.3 Å². The first kappa shape index (κ1) is 12.0. The molecule has 0 aromatic carbocycles. The molecule has 0 radical (unpaired) electrons. The molecule has 0 saturated carbocycles. The minimum absolute atomic E-state index is 0.00866. The molecular weight excluding hydrogens is 196 g/mol. The smallest absolute Gasteiger partial charge is 0.320 e. The summed E-state index contributed by atoms with van der Waals surface area (Å²) in [6.45, 7) is 3.49. The van der Waals surface area contributed by atoms with Crippen LogP contribution in [0.2, 0.25) is 0 Å². The fourth-order valence-electron chi connectivity index (χ4n) is 1.77. The van der Waals surface area contributed by atoms with Crippen molar-refractivity contribution in [3.05, 3.63) is 0 Å². The third-order valence-corrected chi connectivity index (χ3v) is 2.89. The molecule has 86 valence electrons. The molecule has 1 aliphatic rings. The second-order valence-electron chi connectivity index (χ2n) is 3.87. The molecule has 0 spiro atoms. The minimum atomic E-state index is -0.820. The Labute approximate surface area is 89.7 Å². The molecule has 1 saturated heterocycles. The predicted molar refractivity (Wildman–Crippen MR) is 55.5 cm³/mol. The highest BCUT2D eigenvalue weighted by Gasteiger charge is 2.31. The van der Waals surface area contributed by atoms with Crippen molar-refractivity contribution in [1.82, 2.24) is 9.80 Å². The molecule has 1 unspecified atom stereocenters. The van der Waals surface area contributed by atoms with Crippen molar-refractivity contribution < 1.29 is 14.7 Å². The highest BCUT2D eigenvalue weighted by atomic mass is 16.4. The van der Waals surface area contributed by atoms with E-state index in [1.165, 1.54) is 0 Å². The number of hydrogen-bond donors (Lipinski definition) is 1. The topological polar surface area (TPSA) is 60.9 Å². The van der Waals surface area contributed by atoms with E-state index in [1.807, 2.05) is 6.92 Å². The van der Waals surface area contributed by atoms with Gasteiger partial charge in [0, 0.05) is 13.6 Å². The molecular formula is C10H18N2O3. The molecule has 0 bridgehead atoms. The van der Waals surface area contributed by atoms with Crippen molar-refractivity contribution in [3.8, 4) is 0 Å². The molecule has 5 heteroatoms. The largest absolute Gasteiger partial charge is 0.480 e. The van der Waals surface area contributed by atoms with E-state index in [9.17, 15) is 9.59 Å². The van der Waals surface area contributed by atoms with Gasteiger partial charge in [-0.1, -0.05) is 0 Å². The summed E-state index contributed by atoms with van der Waals surface area (Å²) >= 11 is 0. The van der Waals surface area contributed by atoms with Crippen molar-refractivity contribution in [2.45, 2.75) is 25.8 Å². The lowest BCUT2D eigenvalue weighted by atomic mass is 10.2. The summed E-state index contributed by atoms with van der Waals surface area (Å²) in [5, 5.41) is 8.93. The maximum absolute atomic E-state index is 11.6. The average Bonchev–Trinajstić information content (AvgIpc) is 2.64. The summed E-state index contributed by atoms with van der Waals surface area (Å²) in [5.41, 5.74) is 0. The van der Waals surface area contributed by atoms with Crippen LogP contribution in [0.15, 0.2) is 0 Å².